The molecule has 1 aromatic heterocycles. The molecule has 0 aliphatic heterocycles. The van der Waals surface area contributed by atoms with Gasteiger partial charge in [0.15, 0.2) is 0 Å². The Bertz CT molecular complexity index is 554. The summed E-state index contributed by atoms with van der Waals surface area (Å²) in [5.74, 6) is 1.82. The lowest BCUT2D eigenvalue weighted by Gasteiger charge is -2.06. The Morgan fingerprint density at radius 3 is 2.72 bits per heavy atom. The summed E-state index contributed by atoms with van der Waals surface area (Å²) in [7, 11) is 0. The minimum atomic E-state index is 0.470. The Labute approximate surface area is 123 Å². The van der Waals surface area contributed by atoms with Crippen molar-refractivity contribution in [3.05, 3.63) is 45.3 Å². The fourth-order valence-electron chi connectivity index (χ4n) is 1.41. The van der Waals surface area contributed by atoms with Crippen LogP contribution in [0.15, 0.2) is 33.6 Å². The lowest BCUT2D eigenvalue weighted by molar-refractivity contribution is 0.992. The molecule has 0 aliphatic rings. The van der Waals surface area contributed by atoms with Gasteiger partial charge in [-0.25, -0.2) is 9.97 Å². The summed E-state index contributed by atoms with van der Waals surface area (Å²) in [6, 6.07) is 7.70. The molecule has 1 heterocycles. The van der Waals surface area contributed by atoms with Crippen molar-refractivity contribution < 1.29 is 0 Å². The van der Waals surface area contributed by atoms with Crippen LogP contribution in [0.1, 0.15) is 11.5 Å². The van der Waals surface area contributed by atoms with Gasteiger partial charge in [-0.15, -0.1) is 11.8 Å². The van der Waals surface area contributed by atoms with E-state index in [9.17, 15) is 0 Å². The van der Waals surface area contributed by atoms with E-state index in [-0.39, 0.29) is 0 Å². The molecule has 94 valence electrons. The fraction of sp³-hybridized carbons (Fsp3) is 0.167. The number of nitrogens with two attached hydrogens (primary N) is 1. The number of thioether (sulfide) groups is 1. The largest absolute Gasteiger partial charge is 0.383 e. The third-order valence-electron chi connectivity index (χ3n) is 2.28. The van der Waals surface area contributed by atoms with Crippen LogP contribution in [-0.4, -0.2) is 9.97 Å². The molecule has 0 spiro atoms. The molecule has 0 saturated heterocycles. The average Bonchev–Trinajstić information content (AvgIpc) is 2.35. The first-order chi connectivity index (χ1) is 8.58. The maximum Gasteiger partial charge on any atom is 0.141 e. The number of nitrogens with zero attached hydrogens (tertiary/aromatic N) is 2. The smallest absolute Gasteiger partial charge is 0.141 e. The van der Waals surface area contributed by atoms with Gasteiger partial charge in [-0.1, -0.05) is 23.7 Å². The van der Waals surface area contributed by atoms with Gasteiger partial charge in [0.05, 0.1) is 20.9 Å². The Balaban J connectivity index is 2.14. The Kier molecular flexibility index (Phi) is 4.48. The number of hydrogen-bond acceptors (Lipinski definition) is 4. The number of halogens is 2. The molecule has 6 heteroatoms. The van der Waals surface area contributed by atoms with Gasteiger partial charge in [0.1, 0.15) is 11.6 Å². The third kappa shape index (κ3) is 3.16. The second-order valence-corrected chi connectivity index (χ2v) is 5.86. The van der Waals surface area contributed by atoms with E-state index in [0.29, 0.717) is 17.4 Å². The van der Waals surface area contributed by atoms with Crippen molar-refractivity contribution >= 4 is 45.1 Å². The van der Waals surface area contributed by atoms with E-state index in [1.54, 1.807) is 11.8 Å². The topological polar surface area (TPSA) is 51.8 Å². The molecule has 3 nitrogen and oxygen atoms in total. The highest BCUT2D eigenvalue weighted by Crippen LogP contribution is 2.29. The predicted octanol–water partition coefficient (Wildman–Crippen LogP) is 4.08. The zero-order valence-corrected chi connectivity index (χ0v) is 12.8. The van der Waals surface area contributed by atoms with Crippen LogP contribution >= 0.6 is 39.3 Å². The van der Waals surface area contributed by atoms with E-state index in [2.05, 4.69) is 25.9 Å². The molecule has 0 fully saturated rings. The van der Waals surface area contributed by atoms with Gasteiger partial charge in [-0.3, -0.25) is 0 Å². The highest BCUT2D eigenvalue weighted by atomic mass is 79.9. The molecule has 0 aliphatic carbocycles. The number of aryl methyl sites for hydroxylation is 1. The first-order valence-corrected chi connectivity index (χ1v) is 7.39. The van der Waals surface area contributed by atoms with Crippen molar-refractivity contribution in [3.63, 3.8) is 0 Å². The summed E-state index contributed by atoms with van der Waals surface area (Å²) < 4.78 is 0.758. The van der Waals surface area contributed by atoms with Crippen molar-refractivity contribution in [1.29, 1.82) is 0 Å². The number of rotatable bonds is 3. The molecule has 2 aromatic rings. The summed E-state index contributed by atoms with van der Waals surface area (Å²) in [5.41, 5.74) is 6.63. The molecule has 0 atom stereocenters. The number of benzene rings is 1. The maximum atomic E-state index is 6.08. The van der Waals surface area contributed by atoms with Gasteiger partial charge in [-0.2, -0.15) is 0 Å². The van der Waals surface area contributed by atoms with Crippen LogP contribution in [0.4, 0.5) is 5.82 Å². The molecule has 0 bridgehead atoms. The Morgan fingerprint density at radius 2 is 2.06 bits per heavy atom. The quantitative estimate of drug-likeness (QED) is 0.853. The maximum absolute atomic E-state index is 6.08. The molecule has 0 radical (unpaired) electrons. The SMILES string of the molecule is Cc1nc(CSc2ccccc2Cl)nc(N)c1Br. The normalized spacial score (nSPS) is 10.6. The molecule has 2 N–H and O–H groups in total. The molecule has 1 aromatic carbocycles. The van der Waals surface area contributed by atoms with E-state index in [1.165, 1.54) is 0 Å². The molecular formula is C12H11BrClN3S. The highest BCUT2D eigenvalue weighted by molar-refractivity contribution is 9.10. The van der Waals surface area contributed by atoms with Crippen molar-refractivity contribution in [2.24, 2.45) is 0 Å². The summed E-state index contributed by atoms with van der Waals surface area (Å²) in [5, 5.41) is 0.740. The first kappa shape index (κ1) is 13.6. The Hall–Kier alpha value is -0.780. The fourth-order valence-corrected chi connectivity index (χ4v) is 2.68. The predicted molar refractivity (Wildman–Crippen MR) is 79.9 cm³/mol. The number of hydrogen-bond donors (Lipinski definition) is 1. The van der Waals surface area contributed by atoms with E-state index >= 15 is 0 Å². The summed E-state index contributed by atoms with van der Waals surface area (Å²) in [6.07, 6.45) is 0. The summed E-state index contributed by atoms with van der Waals surface area (Å²) >= 11 is 11.0. The molecule has 0 amide bonds. The Morgan fingerprint density at radius 1 is 1.33 bits per heavy atom. The van der Waals surface area contributed by atoms with Crippen LogP contribution in [0.25, 0.3) is 0 Å². The highest BCUT2D eigenvalue weighted by Gasteiger charge is 2.08. The van der Waals surface area contributed by atoms with Crippen LogP contribution in [0.5, 0.6) is 0 Å². The molecular weight excluding hydrogens is 334 g/mol. The summed E-state index contributed by atoms with van der Waals surface area (Å²) in [6.45, 7) is 1.89. The lowest BCUT2D eigenvalue weighted by Crippen LogP contribution is -2.02. The van der Waals surface area contributed by atoms with Crippen LogP contribution < -0.4 is 5.73 Å². The zero-order valence-electron chi connectivity index (χ0n) is 9.65. The average molecular weight is 345 g/mol. The van der Waals surface area contributed by atoms with Gasteiger partial charge in [0.2, 0.25) is 0 Å². The van der Waals surface area contributed by atoms with Gasteiger partial charge in [-0.05, 0) is 35.0 Å². The molecule has 0 unspecified atom stereocenters. The van der Waals surface area contributed by atoms with Gasteiger partial charge in [0, 0.05) is 4.90 Å². The molecule has 2 rings (SSSR count). The van der Waals surface area contributed by atoms with Crippen LogP contribution in [0.2, 0.25) is 5.02 Å². The molecule has 18 heavy (non-hydrogen) atoms. The van der Waals surface area contributed by atoms with E-state index in [0.717, 1.165) is 20.1 Å². The minimum absolute atomic E-state index is 0.470. The van der Waals surface area contributed by atoms with Gasteiger partial charge >= 0.3 is 0 Å². The van der Waals surface area contributed by atoms with E-state index in [4.69, 9.17) is 17.3 Å². The van der Waals surface area contributed by atoms with E-state index in [1.807, 2.05) is 31.2 Å². The first-order valence-electron chi connectivity index (χ1n) is 5.23. The van der Waals surface area contributed by atoms with Crippen molar-refractivity contribution in [2.75, 3.05) is 5.73 Å². The standard InChI is InChI=1S/C12H11BrClN3S/c1-7-11(13)12(15)17-10(16-7)6-18-9-5-3-2-4-8(9)14/h2-5H,6H2,1H3,(H2,15,16,17). The van der Waals surface area contributed by atoms with Crippen LogP contribution in [0.3, 0.4) is 0 Å². The van der Waals surface area contributed by atoms with Crippen molar-refractivity contribution in [1.82, 2.24) is 9.97 Å². The van der Waals surface area contributed by atoms with Gasteiger partial charge < -0.3 is 5.73 Å². The van der Waals surface area contributed by atoms with E-state index < -0.39 is 0 Å². The monoisotopic (exact) mass is 343 g/mol. The number of nitrogen functional groups attached to an aromatic ring is 1. The van der Waals surface area contributed by atoms with Crippen LogP contribution in [0, 0.1) is 6.92 Å². The van der Waals surface area contributed by atoms with Gasteiger partial charge in [0.25, 0.3) is 0 Å². The van der Waals surface area contributed by atoms with Crippen molar-refractivity contribution in [3.8, 4) is 0 Å². The number of anilines is 1. The van der Waals surface area contributed by atoms with Crippen LogP contribution in [-0.2, 0) is 5.75 Å². The van der Waals surface area contributed by atoms with Crippen molar-refractivity contribution in [2.45, 2.75) is 17.6 Å². The molecule has 0 saturated carbocycles. The minimum Gasteiger partial charge on any atom is -0.383 e. The lowest BCUT2D eigenvalue weighted by atomic mass is 10.4. The second-order valence-electron chi connectivity index (χ2n) is 3.64. The third-order valence-corrected chi connectivity index (χ3v) is 4.77. The zero-order chi connectivity index (χ0) is 13.1. The number of aromatic nitrogens is 2. The summed E-state index contributed by atoms with van der Waals surface area (Å²) in [4.78, 5) is 9.63. The second kappa shape index (κ2) is 5.91.